The van der Waals surface area contributed by atoms with E-state index in [-0.39, 0.29) is 5.91 Å². The number of fused-ring (bicyclic) bond motifs is 1. The molecule has 0 radical (unpaired) electrons. The third-order valence-electron chi connectivity index (χ3n) is 3.28. The number of amides is 1. The van der Waals surface area contributed by atoms with Gasteiger partial charge in [0.15, 0.2) is 5.65 Å². The SMILES string of the molecule is CCCNC(=O)c1c[nH]c2ncc(-c3cccc(I)c3)nc12. The molecular weight excluding hydrogens is 391 g/mol. The second-order valence-electron chi connectivity index (χ2n) is 4.92. The van der Waals surface area contributed by atoms with Crippen molar-refractivity contribution in [1.29, 1.82) is 0 Å². The van der Waals surface area contributed by atoms with Gasteiger partial charge in [0, 0.05) is 21.9 Å². The number of benzene rings is 1. The second-order valence-corrected chi connectivity index (χ2v) is 6.17. The van der Waals surface area contributed by atoms with E-state index in [0.29, 0.717) is 23.3 Å². The number of rotatable bonds is 4. The van der Waals surface area contributed by atoms with Gasteiger partial charge in [-0.25, -0.2) is 9.97 Å². The minimum Gasteiger partial charge on any atom is -0.352 e. The largest absolute Gasteiger partial charge is 0.352 e. The summed E-state index contributed by atoms with van der Waals surface area (Å²) in [5.41, 5.74) is 3.50. The molecule has 1 aromatic carbocycles. The maximum atomic E-state index is 12.2. The second kappa shape index (κ2) is 6.43. The Morgan fingerprint density at radius 1 is 1.41 bits per heavy atom. The average molecular weight is 406 g/mol. The fourth-order valence-electron chi connectivity index (χ4n) is 2.19. The summed E-state index contributed by atoms with van der Waals surface area (Å²) >= 11 is 2.26. The van der Waals surface area contributed by atoms with Crippen LogP contribution in [0.15, 0.2) is 36.7 Å². The van der Waals surface area contributed by atoms with Crippen LogP contribution in [0.4, 0.5) is 0 Å². The fraction of sp³-hybridized carbons (Fsp3) is 0.188. The van der Waals surface area contributed by atoms with Crippen LogP contribution in [0, 0.1) is 3.57 Å². The van der Waals surface area contributed by atoms with Crippen LogP contribution in [0.5, 0.6) is 0 Å². The number of aromatic nitrogens is 3. The van der Waals surface area contributed by atoms with Crippen LogP contribution in [0.3, 0.4) is 0 Å². The Hall–Kier alpha value is -1.96. The molecule has 5 nitrogen and oxygen atoms in total. The maximum Gasteiger partial charge on any atom is 0.255 e. The highest BCUT2D eigenvalue weighted by atomic mass is 127. The smallest absolute Gasteiger partial charge is 0.255 e. The zero-order valence-corrected chi connectivity index (χ0v) is 14.2. The first-order chi connectivity index (χ1) is 10.7. The minimum atomic E-state index is -0.123. The van der Waals surface area contributed by atoms with Gasteiger partial charge in [0.2, 0.25) is 0 Å². The van der Waals surface area contributed by atoms with Crippen LogP contribution in [0.2, 0.25) is 0 Å². The van der Waals surface area contributed by atoms with Crippen LogP contribution in [-0.2, 0) is 0 Å². The van der Waals surface area contributed by atoms with Gasteiger partial charge in [-0.2, -0.15) is 0 Å². The number of carbonyl (C=O) groups excluding carboxylic acids is 1. The summed E-state index contributed by atoms with van der Waals surface area (Å²) in [6, 6.07) is 8.03. The molecule has 0 aliphatic rings. The zero-order valence-electron chi connectivity index (χ0n) is 12.1. The fourth-order valence-corrected chi connectivity index (χ4v) is 2.73. The number of hydrogen-bond donors (Lipinski definition) is 2. The molecule has 0 saturated carbocycles. The molecule has 0 saturated heterocycles. The van der Waals surface area contributed by atoms with Crippen molar-refractivity contribution < 1.29 is 4.79 Å². The monoisotopic (exact) mass is 406 g/mol. The van der Waals surface area contributed by atoms with Gasteiger partial charge in [0.05, 0.1) is 17.5 Å². The van der Waals surface area contributed by atoms with Crippen molar-refractivity contribution in [3.8, 4) is 11.3 Å². The quantitative estimate of drug-likeness (QED) is 0.653. The molecule has 0 fully saturated rings. The number of H-pyrrole nitrogens is 1. The summed E-state index contributed by atoms with van der Waals surface area (Å²) < 4.78 is 1.13. The van der Waals surface area contributed by atoms with Gasteiger partial charge in [-0.15, -0.1) is 0 Å². The van der Waals surface area contributed by atoms with Crippen molar-refractivity contribution in [3.05, 3.63) is 45.8 Å². The van der Waals surface area contributed by atoms with Gasteiger partial charge in [-0.1, -0.05) is 19.1 Å². The summed E-state index contributed by atoms with van der Waals surface area (Å²) in [5, 5.41) is 2.87. The van der Waals surface area contributed by atoms with Crippen molar-refractivity contribution in [2.45, 2.75) is 13.3 Å². The van der Waals surface area contributed by atoms with Crippen molar-refractivity contribution in [3.63, 3.8) is 0 Å². The minimum absolute atomic E-state index is 0.123. The molecule has 0 atom stereocenters. The van der Waals surface area contributed by atoms with Gasteiger partial charge >= 0.3 is 0 Å². The number of aromatic amines is 1. The Balaban J connectivity index is 2.03. The van der Waals surface area contributed by atoms with Gasteiger partial charge < -0.3 is 10.3 Å². The predicted octanol–water partition coefficient (Wildman–Crippen LogP) is 3.37. The number of carbonyl (C=O) groups is 1. The highest BCUT2D eigenvalue weighted by Crippen LogP contribution is 2.22. The summed E-state index contributed by atoms with van der Waals surface area (Å²) in [6.07, 6.45) is 4.28. The van der Waals surface area contributed by atoms with Crippen molar-refractivity contribution in [1.82, 2.24) is 20.3 Å². The van der Waals surface area contributed by atoms with Gasteiger partial charge in [-0.3, -0.25) is 4.79 Å². The lowest BCUT2D eigenvalue weighted by molar-refractivity contribution is 0.0955. The third-order valence-corrected chi connectivity index (χ3v) is 3.95. The van der Waals surface area contributed by atoms with Crippen molar-refractivity contribution in [2.75, 3.05) is 6.54 Å². The Bertz CT molecular complexity index is 828. The highest BCUT2D eigenvalue weighted by molar-refractivity contribution is 14.1. The molecule has 0 unspecified atom stereocenters. The standard InChI is InChI=1S/C16H15IN4O/c1-2-6-18-16(22)12-8-19-15-14(12)21-13(9-20-15)10-4-3-5-11(17)7-10/h3-5,7-9H,2,6H2,1H3,(H,18,22)(H,19,20). The summed E-state index contributed by atoms with van der Waals surface area (Å²) in [5.74, 6) is -0.123. The van der Waals surface area contributed by atoms with E-state index in [1.54, 1.807) is 12.4 Å². The summed E-state index contributed by atoms with van der Waals surface area (Å²) in [4.78, 5) is 24.2. The van der Waals surface area contributed by atoms with Crippen molar-refractivity contribution in [2.24, 2.45) is 0 Å². The summed E-state index contributed by atoms with van der Waals surface area (Å²) in [7, 11) is 0. The predicted molar refractivity (Wildman–Crippen MR) is 94.7 cm³/mol. The lowest BCUT2D eigenvalue weighted by Gasteiger charge is -2.03. The molecule has 22 heavy (non-hydrogen) atoms. The molecule has 112 valence electrons. The first-order valence-corrected chi connectivity index (χ1v) is 8.15. The average Bonchev–Trinajstić information content (AvgIpc) is 2.95. The lowest BCUT2D eigenvalue weighted by atomic mass is 10.1. The Kier molecular flexibility index (Phi) is 4.37. The molecule has 2 heterocycles. The normalized spacial score (nSPS) is 10.8. The van der Waals surface area contributed by atoms with Crippen molar-refractivity contribution >= 4 is 39.7 Å². The van der Waals surface area contributed by atoms with Crippen LogP contribution >= 0.6 is 22.6 Å². The van der Waals surface area contributed by atoms with E-state index in [9.17, 15) is 4.79 Å². The first-order valence-electron chi connectivity index (χ1n) is 7.07. The van der Waals surface area contributed by atoms with Crippen LogP contribution in [-0.4, -0.2) is 27.4 Å². The van der Waals surface area contributed by atoms with Gasteiger partial charge in [0.1, 0.15) is 5.52 Å². The van der Waals surface area contributed by atoms with Crippen LogP contribution in [0.1, 0.15) is 23.7 Å². The van der Waals surface area contributed by atoms with E-state index in [4.69, 9.17) is 0 Å². The molecule has 6 heteroatoms. The molecule has 2 N–H and O–H groups in total. The topological polar surface area (TPSA) is 70.7 Å². The van der Waals surface area contributed by atoms with E-state index in [1.807, 2.05) is 31.2 Å². The van der Waals surface area contributed by atoms with Gasteiger partial charge in [0.25, 0.3) is 5.91 Å². The van der Waals surface area contributed by atoms with E-state index in [0.717, 1.165) is 21.2 Å². The molecule has 3 rings (SSSR count). The Labute approximate surface area is 141 Å². The highest BCUT2D eigenvalue weighted by Gasteiger charge is 2.14. The molecule has 0 spiro atoms. The third kappa shape index (κ3) is 2.96. The zero-order chi connectivity index (χ0) is 15.5. The molecular formula is C16H15IN4O. The molecule has 0 aliphatic carbocycles. The number of nitrogens with zero attached hydrogens (tertiary/aromatic N) is 2. The van der Waals surface area contributed by atoms with Gasteiger partial charge in [-0.05, 0) is 41.1 Å². The Morgan fingerprint density at radius 2 is 2.27 bits per heavy atom. The van der Waals surface area contributed by atoms with Crippen LogP contribution in [0.25, 0.3) is 22.4 Å². The molecule has 1 amide bonds. The first kappa shape index (κ1) is 15.0. The number of hydrogen-bond acceptors (Lipinski definition) is 3. The number of halogens is 1. The summed E-state index contributed by atoms with van der Waals surface area (Å²) in [6.45, 7) is 2.67. The lowest BCUT2D eigenvalue weighted by Crippen LogP contribution is -2.23. The Morgan fingerprint density at radius 3 is 3.05 bits per heavy atom. The molecule has 3 aromatic rings. The molecule has 0 aliphatic heterocycles. The maximum absolute atomic E-state index is 12.2. The van der Waals surface area contributed by atoms with E-state index in [2.05, 4.69) is 42.9 Å². The van der Waals surface area contributed by atoms with Crippen LogP contribution < -0.4 is 5.32 Å². The number of nitrogens with one attached hydrogen (secondary N) is 2. The van der Waals surface area contributed by atoms with E-state index in [1.165, 1.54) is 0 Å². The molecule has 2 aromatic heterocycles. The van der Waals surface area contributed by atoms with E-state index < -0.39 is 0 Å². The molecule has 0 bridgehead atoms. The van der Waals surface area contributed by atoms with E-state index >= 15 is 0 Å².